The monoisotopic (exact) mass is 441 g/mol. The minimum Gasteiger partial charge on any atom is -0.325 e. The van der Waals surface area contributed by atoms with Gasteiger partial charge in [0.1, 0.15) is 6.54 Å². The number of hydrogen-bond donors (Lipinski definition) is 1. The van der Waals surface area contributed by atoms with Gasteiger partial charge in [0.25, 0.3) is 11.6 Å². The van der Waals surface area contributed by atoms with E-state index in [1.807, 2.05) is 19.1 Å². The van der Waals surface area contributed by atoms with Gasteiger partial charge >= 0.3 is 0 Å². The van der Waals surface area contributed by atoms with Gasteiger partial charge in [-0.3, -0.25) is 24.6 Å². The predicted octanol–water partition coefficient (Wildman–Crippen LogP) is 3.71. The smallest absolute Gasteiger partial charge is 0.279 e. The third-order valence-corrected chi connectivity index (χ3v) is 4.98. The van der Waals surface area contributed by atoms with Crippen LogP contribution >= 0.6 is 0 Å². The number of aryl methyl sites for hydroxylation is 1. The second-order valence-electron chi connectivity index (χ2n) is 7.37. The quantitative estimate of drug-likeness (QED) is 0.356. The Morgan fingerprint density at radius 1 is 1.09 bits per heavy atom. The second kappa shape index (κ2) is 9.23. The van der Waals surface area contributed by atoms with Crippen LogP contribution in [0.2, 0.25) is 0 Å². The van der Waals surface area contributed by atoms with E-state index in [0.717, 1.165) is 5.56 Å². The lowest BCUT2D eigenvalue weighted by atomic mass is 10.1. The van der Waals surface area contributed by atoms with Crippen LogP contribution in [-0.4, -0.2) is 35.2 Å². The van der Waals surface area contributed by atoms with E-state index >= 15 is 0 Å². The fraction of sp³-hybridized carbons (Fsp3) is 0.0833. The van der Waals surface area contributed by atoms with Gasteiger partial charge in [0.05, 0.1) is 16.8 Å². The maximum Gasteiger partial charge on any atom is 0.279 e. The molecule has 0 saturated heterocycles. The maximum absolute atomic E-state index is 13.0. The highest BCUT2D eigenvalue weighted by molar-refractivity contribution is 6.54. The molecule has 1 aliphatic heterocycles. The van der Waals surface area contributed by atoms with Crippen LogP contribution in [0.15, 0.2) is 83.0 Å². The molecule has 1 aliphatic rings. The van der Waals surface area contributed by atoms with Crippen molar-refractivity contribution < 1.29 is 14.5 Å². The molecule has 3 aromatic carbocycles. The Bertz CT molecular complexity index is 1300. The van der Waals surface area contributed by atoms with Crippen molar-refractivity contribution >= 4 is 40.8 Å². The second-order valence-corrected chi connectivity index (χ2v) is 7.37. The molecule has 0 aromatic heterocycles. The van der Waals surface area contributed by atoms with Crippen LogP contribution < -0.4 is 10.2 Å². The average Bonchev–Trinajstić information content (AvgIpc) is 3.07. The number of carbonyl (C=O) groups is 2. The van der Waals surface area contributed by atoms with Crippen molar-refractivity contribution in [1.82, 2.24) is 0 Å². The zero-order chi connectivity index (χ0) is 23.4. The number of nitro groups is 1. The van der Waals surface area contributed by atoms with Gasteiger partial charge in [0.2, 0.25) is 5.91 Å². The summed E-state index contributed by atoms with van der Waals surface area (Å²) in [5.41, 5.74) is 3.33. The number of hydrogen-bond acceptors (Lipinski definition) is 6. The Hall–Kier alpha value is -4.66. The summed E-state index contributed by atoms with van der Waals surface area (Å²) in [6, 6.07) is 20.3. The summed E-state index contributed by atoms with van der Waals surface area (Å²) in [7, 11) is 0. The van der Waals surface area contributed by atoms with Crippen LogP contribution in [0.25, 0.3) is 0 Å². The number of non-ortho nitro benzene ring substituents is 1. The molecule has 0 bridgehead atoms. The molecule has 0 aliphatic carbocycles. The lowest BCUT2D eigenvalue weighted by Crippen LogP contribution is -2.37. The molecule has 0 atom stereocenters. The molecule has 164 valence electrons. The minimum absolute atomic E-state index is 0.0698. The average molecular weight is 441 g/mol. The zero-order valence-corrected chi connectivity index (χ0v) is 17.6. The summed E-state index contributed by atoms with van der Waals surface area (Å²) in [4.78, 5) is 37.4. The molecule has 2 amide bonds. The summed E-state index contributed by atoms with van der Waals surface area (Å²) in [6.07, 6.45) is 1.34. The van der Waals surface area contributed by atoms with Crippen molar-refractivity contribution in [2.24, 2.45) is 10.2 Å². The molecule has 0 fully saturated rings. The van der Waals surface area contributed by atoms with Gasteiger partial charge in [0.15, 0.2) is 5.71 Å². The molecule has 1 heterocycles. The highest BCUT2D eigenvalue weighted by atomic mass is 16.6. The van der Waals surface area contributed by atoms with Crippen molar-refractivity contribution in [3.8, 4) is 0 Å². The SMILES string of the molecule is Cc1ccc(NC(=O)CN2C(=O)/C(=N/N=C\c3cccc([N+](=O)[O-])c3)c3ccccc32)cc1. The van der Waals surface area contributed by atoms with Gasteiger partial charge in [-0.05, 0) is 25.1 Å². The fourth-order valence-corrected chi connectivity index (χ4v) is 3.37. The van der Waals surface area contributed by atoms with Gasteiger partial charge in [-0.25, -0.2) is 0 Å². The van der Waals surface area contributed by atoms with E-state index in [2.05, 4.69) is 15.5 Å². The summed E-state index contributed by atoms with van der Waals surface area (Å²) in [6.45, 7) is 1.77. The van der Waals surface area contributed by atoms with Crippen molar-refractivity contribution in [1.29, 1.82) is 0 Å². The lowest BCUT2D eigenvalue weighted by molar-refractivity contribution is -0.384. The van der Waals surface area contributed by atoms with E-state index in [4.69, 9.17) is 0 Å². The highest BCUT2D eigenvalue weighted by Crippen LogP contribution is 2.29. The van der Waals surface area contributed by atoms with E-state index in [0.29, 0.717) is 22.5 Å². The largest absolute Gasteiger partial charge is 0.325 e. The first-order valence-corrected chi connectivity index (χ1v) is 10.1. The molecular weight excluding hydrogens is 422 g/mol. The molecular formula is C24H19N5O4. The van der Waals surface area contributed by atoms with Gasteiger partial charge in [-0.2, -0.15) is 5.10 Å². The van der Waals surface area contributed by atoms with Crippen LogP contribution in [0.5, 0.6) is 0 Å². The molecule has 33 heavy (non-hydrogen) atoms. The molecule has 9 heteroatoms. The highest BCUT2D eigenvalue weighted by Gasteiger charge is 2.35. The molecule has 0 radical (unpaired) electrons. The normalized spacial score (nSPS) is 14.0. The Morgan fingerprint density at radius 2 is 1.85 bits per heavy atom. The zero-order valence-electron chi connectivity index (χ0n) is 17.6. The predicted molar refractivity (Wildman–Crippen MR) is 126 cm³/mol. The summed E-state index contributed by atoms with van der Waals surface area (Å²) < 4.78 is 0. The Morgan fingerprint density at radius 3 is 2.61 bits per heavy atom. The van der Waals surface area contributed by atoms with E-state index in [-0.39, 0.29) is 23.9 Å². The Labute approximate surface area is 189 Å². The first kappa shape index (κ1) is 21.6. The fourth-order valence-electron chi connectivity index (χ4n) is 3.37. The number of amides is 2. The van der Waals surface area contributed by atoms with Crippen molar-refractivity contribution in [2.75, 3.05) is 16.8 Å². The maximum atomic E-state index is 13.0. The summed E-state index contributed by atoms with van der Waals surface area (Å²) in [5, 5.41) is 21.7. The van der Waals surface area contributed by atoms with Crippen molar-refractivity contribution in [3.63, 3.8) is 0 Å². The minimum atomic E-state index is -0.500. The topological polar surface area (TPSA) is 117 Å². The van der Waals surface area contributed by atoms with E-state index in [1.54, 1.807) is 42.5 Å². The number of fused-ring (bicyclic) bond motifs is 1. The number of benzene rings is 3. The van der Waals surface area contributed by atoms with Gasteiger partial charge in [-0.15, -0.1) is 5.10 Å². The van der Waals surface area contributed by atoms with Gasteiger partial charge in [0, 0.05) is 28.9 Å². The van der Waals surface area contributed by atoms with E-state index in [9.17, 15) is 19.7 Å². The lowest BCUT2D eigenvalue weighted by Gasteiger charge is -2.16. The number of anilines is 2. The Balaban J connectivity index is 1.54. The molecule has 0 unspecified atom stereocenters. The summed E-state index contributed by atoms with van der Waals surface area (Å²) in [5.74, 6) is -0.796. The molecule has 9 nitrogen and oxygen atoms in total. The van der Waals surface area contributed by atoms with Gasteiger partial charge in [-0.1, -0.05) is 48.0 Å². The van der Waals surface area contributed by atoms with Crippen LogP contribution in [0.3, 0.4) is 0 Å². The third-order valence-electron chi connectivity index (χ3n) is 4.98. The van der Waals surface area contributed by atoms with Crippen LogP contribution in [-0.2, 0) is 9.59 Å². The van der Waals surface area contributed by atoms with Crippen LogP contribution in [0.4, 0.5) is 17.1 Å². The van der Waals surface area contributed by atoms with Gasteiger partial charge < -0.3 is 5.32 Å². The molecule has 0 spiro atoms. The third kappa shape index (κ3) is 4.82. The van der Waals surface area contributed by atoms with Crippen LogP contribution in [0.1, 0.15) is 16.7 Å². The number of carbonyl (C=O) groups excluding carboxylic acids is 2. The first-order valence-electron chi connectivity index (χ1n) is 10.1. The van der Waals surface area contributed by atoms with Crippen LogP contribution in [0, 0.1) is 17.0 Å². The standard InChI is InChI=1S/C24H19N5O4/c1-16-9-11-18(12-10-16)26-22(30)15-28-21-8-3-2-7-20(21)23(24(28)31)27-25-14-17-5-4-6-19(13-17)29(32)33/h2-14H,15H2,1H3,(H,26,30)/b25-14-,27-23+. The number of rotatable bonds is 6. The molecule has 1 N–H and O–H groups in total. The molecule has 3 aromatic rings. The number of para-hydroxylation sites is 1. The number of nitrogens with zero attached hydrogens (tertiary/aromatic N) is 4. The number of nitro benzene ring substituents is 1. The molecule has 0 saturated carbocycles. The van der Waals surface area contributed by atoms with Crippen molar-refractivity contribution in [2.45, 2.75) is 6.92 Å². The number of nitrogens with one attached hydrogen (secondary N) is 1. The molecule has 4 rings (SSSR count). The van der Waals surface area contributed by atoms with E-state index in [1.165, 1.54) is 29.3 Å². The van der Waals surface area contributed by atoms with Crippen molar-refractivity contribution in [3.05, 3.63) is 99.6 Å². The Kier molecular flexibility index (Phi) is 6.03. The first-order chi connectivity index (χ1) is 15.9. The summed E-state index contributed by atoms with van der Waals surface area (Å²) >= 11 is 0. The van der Waals surface area contributed by atoms with E-state index < -0.39 is 10.8 Å².